The van der Waals surface area contributed by atoms with E-state index in [1.165, 1.54) is 23.1 Å². The van der Waals surface area contributed by atoms with Crippen LogP contribution in [0, 0.1) is 5.82 Å². The molecule has 0 aromatic heterocycles. The summed E-state index contributed by atoms with van der Waals surface area (Å²) in [7, 11) is -4.00. The Morgan fingerprint density at radius 2 is 1.88 bits per heavy atom. The van der Waals surface area contributed by atoms with Gasteiger partial charge in [-0.1, -0.05) is 11.6 Å². The Hall–Kier alpha value is -2.16. The van der Waals surface area contributed by atoms with Crippen LogP contribution in [-0.2, 0) is 10.0 Å². The normalized spacial score (nSPS) is 11.2. The Balaban J connectivity index is 2.32. The molecule has 0 heterocycles. The number of hydrogen-bond acceptors (Lipinski definition) is 4. The van der Waals surface area contributed by atoms with Crippen molar-refractivity contribution in [2.45, 2.75) is 11.8 Å². The fourth-order valence-corrected chi connectivity index (χ4v) is 3.55. The quantitative estimate of drug-likeness (QED) is 0.748. The number of anilines is 1. The minimum atomic E-state index is -4.00. The van der Waals surface area contributed by atoms with Crippen molar-refractivity contribution in [1.29, 1.82) is 0 Å². The number of aliphatic hydroxyl groups excluding tert-OH is 1. The van der Waals surface area contributed by atoms with Gasteiger partial charge in [0.15, 0.2) is 0 Å². The average Bonchev–Trinajstić information content (AvgIpc) is 2.61. The summed E-state index contributed by atoms with van der Waals surface area (Å²) in [6.45, 7) is 2.13. The Morgan fingerprint density at radius 1 is 1.23 bits per heavy atom. The molecule has 0 fully saturated rings. The molecule has 0 saturated carbocycles. The average molecular weight is 401 g/mol. The topological polar surface area (TPSA) is 86.7 Å². The zero-order valence-electron chi connectivity index (χ0n) is 13.9. The molecule has 2 aromatic carbocycles. The van der Waals surface area contributed by atoms with Crippen molar-refractivity contribution in [1.82, 2.24) is 4.90 Å². The SMILES string of the molecule is CCN(CCO)C(=O)c1ccc(Cl)c(NS(=O)(=O)c2ccc(F)cc2)c1. The second-order valence-electron chi connectivity index (χ2n) is 5.36. The Labute approximate surface area is 156 Å². The molecule has 0 aliphatic carbocycles. The van der Waals surface area contributed by atoms with Gasteiger partial charge in [0.2, 0.25) is 0 Å². The molecule has 26 heavy (non-hydrogen) atoms. The Kier molecular flexibility index (Phi) is 6.57. The van der Waals surface area contributed by atoms with E-state index in [9.17, 15) is 17.6 Å². The molecule has 2 N–H and O–H groups in total. The first-order chi connectivity index (χ1) is 12.3. The Bertz CT molecular complexity index is 888. The van der Waals surface area contributed by atoms with Gasteiger partial charge in [-0.25, -0.2) is 12.8 Å². The summed E-state index contributed by atoms with van der Waals surface area (Å²) in [5.74, 6) is -0.918. The van der Waals surface area contributed by atoms with Crippen LogP contribution in [0.25, 0.3) is 0 Å². The van der Waals surface area contributed by atoms with Gasteiger partial charge in [-0.2, -0.15) is 0 Å². The molecule has 0 saturated heterocycles. The van der Waals surface area contributed by atoms with E-state index < -0.39 is 15.8 Å². The lowest BCUT2D eigenvalue weighted by Gasteiger charge is -2.20. The van der Waals surface area contributed by atoms with Crippen LogP contribution in [-0.4, -0.2) is 44.0 Å². The predicted molar refractivity (Wildman–Crippen MR) is 97.3 cm³/mol. The van der Waals surface area contributed by atoms with Crippen molar-refractivity contribution >= 4 is 33.2 Å². The van der Waals surface area contributed by atoms with Gasteiger partial charge in [0, 0.05) is 18.7 Å². The fraction of sp³-hybridized carbons (Fsp3) is 0.235. The minimum absolute atomic E-state index is 0.0295. The highest BCUT2D eigenvalue weighted by atomic mass is 35.5. The summed E-state index contributed by atoms with van der Waals surface area (Å²) >= 11 is 6.04. The Morgan fingerprint density at radius 3 is 2.46 bits per heavy atom. The van der Waals surface area contributed by atoms with Crippen molar-refractivity contribution in [2.24, 2.45) is 0 Å². The highest BCUT2D eigenvalue weighted by molar-refractivity contribution is 7.92. The second kappa shape index (κ2) is 8.48. The summed E-state index contributed by atoms with van der Waals surface area (Å²) in [6.07, 6.45) is 0. The van der Waals surface area contributed by atoms with Gasteiger partial charge in [-0.05, 0) is 49.4 Å². The van der Waals surface area contributed by atoms with Gasteiger partial charge in [0.05, 0.1) is 22.2 Å². The maximum Gasteiger partial charge on any atom is 0.261 e. The standard InChI is InChI=1S/C17H18ClFN2O4S/c1-2-21(9-10-22)17(23)12-3-8-15(18)16(11-12)20-26(24,25)14-6-4-13(19)5-7-14/h3-8,11,20,22H,2,9-10H2,1H3. The number of benzene rings is 2. The highest BCUT2D eigenvalue weighted by Crippen LogP contribution is 2.26. The number of nitrogens with one attached hydrogen (secondary N) is 1. The molecule has 9 heteroatoms. The summed E-state index contributed by atoms with van der Waals surface area (Å²) < 4.78 is 40.1. The van der Waals surface area contributed by atoms with Crippen LogP contribution < -0.4 is 4.72 Å². The van der Waals surface area contributed by atoms with Crippen LogP contribution in [0.4, 0.5) is 10.1 Å². The molecule has 1 amide bonds. The molecule has 0 aliphatic rings. The lowest BCUT2D eigenvalue weighted by Crippen LogP contribution is -2.33. The van der Waals surface area contributed by atoms with E-state index in [1.807, 2.05) is 0 Å². The maximum absolute atomic E-state index is 13.0. The van der Waals surface area contributed by atoms with E-state index in [1.54, 1.807) is 6.92 Å². The van der Waals surface area contributed by atoms with Gasteiger partial charge < -0.3 is 10.0 Å². The van der Waals surface area contributed by atoms with Crippen LogP contribution in [0.1, 0.15) is 17.3 Å². The molecule has 6 nitrogen and oxygen atoms in total. The number of sulfonamides is 1. The van der Waals surface area contributed by atoms with E-state index in [-0.39, 0.29) is 40.2 Å². The van der Waals surface area contributed by atoms with Crippen molar-refractivity contribution in [2.75, 3.05) is 24.4 Å². The summed E-state index contributed by atoms with van der Waals surface area (Å²) in [6, 6.07) is 8.52. The van der Waals surface area contributed by atoms with E-state index in [2.05, 4.69) is 4.72 Å². The number of aliphatic hydroxyl groups is 1. The van der Waals surface area contributed by atoms with Gasteiger partial charge in [0.1, 0.15) is 5.82 Å². The first-order valence-electron chi connectivity index (χ1n) is 7.76. The third-order valence-corrected chi connectivity index (χ3v) is 5.33. The molecule has 2 rings (SSSR count). The number of nitrogens with zero attached hydrogens (tertiary/aromatic N) is 1. The number of likely N-dealkylation sites (N-methyl/N-ethyl adjacent to an activating group) is 1. The smallest absolute Gasteiger partial charge is 0.261 e. The van der Waals surface area contributed by atoms with Crippen molar-refractivity contribution in [3.05, 3.63) is 58.9 Å². The van der Waals surface area contributed by atoms with Crippen LogP contribution in [0.5, 0.6) is 0 Å². The first kappa shape index (κ1) is 20.2. The van der Waals surface area contributed by atoms with Gasteiger partial charge in [0.25, 0.3) is 15.9 Å². The van der Waals surface area contributed by atoms with Gasteiger partial charge >= 0.3 is 0 Å². The van der Waals surface area contributed by atoms with E-state index >= 15 is 0 Å². The fourth-order valence-electron chi connectivity index (χ4n) is 2.26. The molecule has 0 aliphatic heterocycles. The van der Waals surface area contributed by atoms with E-state index in [0.717, 1.165) is 24.3 Å². The number of rotatable bonds is 7. The third kappa shape index (κ3) is 4.72. The monoisotopic (exact) mass is 400 g/mol. The number of amides is 1. The van der Waals surface area contributed by atoms with Crippen molar-refractivity contribution < 1.29 is 22.7 Å². The molecule has 0 atom stereocenters. The zero-order valence-corrected chi connectivity index (χ0v) is 15.5. The highest BCUT2D eigenvalue weighted by Gasteiger charge is 2.19. The van der Waals surface area contributed by atoms with Gasteiger partial charge in [-0.3, -0.25) is 9.52 Å². The molecule has 0 unspecified atom stereocenters. The third-order valence-electron chi connectivity index (χ3n) is 3.62. The molecule has 0 radical (unpaired) electrons. The summed E-state index contributed by atoms with van der Waals surface area (Å²) in [5.41, 5.74) is 0.253. The molecular formula is C17H18ClFN2O4S. The van der Waals surface area contributed by atoms with Crippen molar-refractivity contribution in [3.63, 3.8) is 0 Å². The lowest BCUT2D eigenvalue weighted by atomic mass is 10.1. The number of hydrogen-bond donors (Lipinski definition) is 2. The van der Waals surface area contributed by atoms with Gasteiger partial charge in [-0.15, -0.1) is 0 Å². The maximum atomic E-state index is 13.0. The van der Waals surface area contributed by atoms with E-state index in [4.69, 9.17) is 16.7 Å². The summed E-state index contributed by atoms with van der Waals surface area (Å²) in [4.78, 5) is 13.7. The number of carbonyl (C=O) groups excluding carboxylic acids is 1. The lowest BCUT2D eigenvalue weighted by molar-refractivity contribution is 0.0732. The molecular weight excluding hydrogens is 383 g/mol. The number of carbonyl (C=O) groups is 1. The molecule has 0 bridgehead atoms. The first-order valence-corrected chi connectivity index (χ1v) is 9.62. The van der Waals surface area contributed by atoms with E-state index in [0.29, 0.717) is 6.54 Å². The largest absolute Gasteiger partial charge is 0.395 e. The van der Waals surface area contributed by atoms with Crippen LogP contribution in [0.15, 0.2) is 47.4 Å². The predicted octanol–water partition coefficient (Wildman–Crippen LogP) is 2.73. The molecule has 140 valence electrons. The second-order valence-corrected chi connectivity index (χ2v) is 7.45. The minimum Gasteiger partial charge on any atom is -0.395 e. The zero-order chi connectivity index (χ0) is 19.3. The molecule has 2 aromatic rings. The summed E-state index contributed by atoms with van der Waals surface area (Å²) in [5, 5.41) is 9.14. The van der Waals surface area contributed by atoms with Crippen LogP contribution >= 0.6 is 11.6 Å². The van der Waals surface area contributed by atoms with Crippen LogP contribution in [0.2, 0.25) is 5.02 Å². The van der Waals surface area contributed by atoms with Crippen molar-refractivity contribution in [3.8, 4) is 0 Å². The number of halogens is 2. The van der Waals surface area contributed by atoms with Crippen LogP contribution in [0.3, 0.4) is 0 Å². The molecule has 0 spiro atoms.